The van der Waals surface area contributed by atoms with Crippen LogP contribution < -0.4 is 0 Å². The molecule has 0 bridgehead atoms. The number of nitrogens with zero attached hydrogens (tertiary/aromatic N) is 2. The van der Waals surface area contributed by atoms with E-state index in [4.69, 9.17) is 0 Å². The molecule has 2 atom stereocenters. The summed E-state index contributed by atoms with van der Waals surface area (Å²) in [6, 6.07) is 6.38. The minimum Gasteiger partial charge on any atom is -0.393 e. The second kappa shape index (κ2) is 6.67. The van der Waals surface area contributed by atoms with Crippen LogP contribution in [0.25, 0.3) is 0 Å². The molecular formula is C15H20N2O4. The third kappa shape index (κ3) is 4.01. The van der Waals surface area contributed by atoms with Crippen molar-refractivity contribution in [3.63, 3.8) is 0 Å². The fourth-order valence-electron chi connectivity index (χ4n) is 2.64. The molecular weight excluding hydrogens is 272 g/mol. The van der Waals surface area contributed by atoms with E-state index in [0.717, 1.165) is 12.0 Å². The summed E-state index contributed by atoms with van der Waals surface area (Å²) in [6.07, 6.45) is 1.28. The van der Waals surface area contributed by atoms with E-state index in [9.17, 15) is 20.0 Å². The maximum absolute atomic E-state index is 12.1. The molecule has 0 spiro atoms. The fourth-order valence-corrected chi connectivity index (χ4v) is 2.64. The van der Waals surface area contributed by atoms with Crippen molar-refractivity contribution in [2.45, 2.75) is 32.3 Å². The number of amides is 1. The zero-order valence-corrected chi connectivity index (χ0v) is 12.1. The lowest BCUT2D eigenvalue weighted by molar-refractivity contribution is -0.384. The lowest BCUT2D eigenvalue weighted by Gasteiger charge is -2.17. The first-order valence-corrected chi connectivity index (χ1v) is 7.16. The molecule has 1 fully saturated rings. The maximum atomic E-state index is 12.1. The van der Waals surface area contributed by atoms with E-state index in [1.807, 2.05) is 0 Å². The van der Waals surface area contributed by atoms with E-state index in [1.165, 1.54) is 12.1 Å². The van der Waals surface area contributed by atoms with Crippen molar-refractivity contribution in [2.75, 3.05) is 13.1 Å². The molecule has 1 saturated heterocycles. The molecule has 0 radical (unpaired) electrons. The molecule has 0 saturated carbocycles. The summed E-state index contributed by atoms with van der Waals surface area (Å²) in [7, 11) is 0. The number of aliphatic hydroxyl groups is 1. The Morgan fingerprint density at radius 3 is 2.95 bits per heavy atom. The second-order valence-corrected chi connectivity index (χ2v) is 5.56. The Morgan fingerprint density at radius 1 is 1.57 bits per heavy atom. The average molecular weight is 292 g/mol. The number of non-ortho nitro benzene ring substituents is 1. The highest BCUT2D eigenvalue weighted by Gasteiger charge is 2.28. The number of hydrogen-bond donors (Lipinski definition) is 1. The van der Waals surface area contributed by atoms with E-state index < -0.39 is 4.92 Å². The van der Waals surface area contributed by atoms with Crippen molar-refractivity contribution in [1.29, 1.82) is 0 Å². The van der Waals surface area contributed by atoms with E-state index in [-0.39, 0.29) is 23.6 Å². The Kier molecular flexibility index (Phi) is 4.90. The fraction of sp³-hybridized carbons (Fsp3) is 0.533. The number of aliphatic hydroxyl groups excluding tert-OH is 1. The summed E-state index contributed by atoms with van der Waals surface area (Å²) >= 11 is 0. The Hall–Kier alpha value is -1.95. The molecule has 0 aromatic heterocycles. The lowest BCUT2D eigenvalue weighted by Crippen LogP contribution is -2.30. The van der Waals surface area contributed by atoms with Gasteiger partial charge in [-0.1, -0.05) is 12.1 Å². The van der Waals surface area contributed by atoms with Crippen molar-refractivity contribution in [2.24, 2.45) is 5.92 Å². The molecule has 21 heavy (non-hydrogen) atoms. The zero-order chi connectivity index (χ0) is 15.4. The molecule has 6 nitrogen and oxygen atoms in total. The normalized spacial score (nSPS) is 19.5. The maximum Gasteiger partial charge on any atom is 0.269 e. The number of rotatable bonds is 5. The van der Waals surface area contributed by atoms with Crippen LogP contribution in [0.2, 0.25) is 0 Å². The molecule has 2 unspecified atom stereocenters. The molecule has 0 aliphatic carbocycles. The smallest absolute Gasteiger partial charge is 0.269 e. The summed E-state index contributed by atoms with van der Waals surface area (Å²) in [5.74, 6) is 0.205. The first-order chi connectivity index (χ1) is 9.97. The highest BCUT2D eigenvalue weighted by molar-refractivity contribution is 5.76. The first-order valence-electron chi connectivity index (χ1n) is 7.16. The van der Waals surface area contributed by atoms with Gasteiger partial charge in [-0.2, -0.15) is 0 Å². The van der Waals surface area contributed by atoms with E-state index in [0.29, 0.717) is 25.9 Å². The molecule has 1 N–H and O–H groups in total. The van der Waals surface area contributed by atoms with Gasteiger partial charge in [0.25, 0.3) is 5.69 Å². The van der Waals surface area contributed by atoms with Crippen LogP contribution in [0.3, 0.4) is 0 Å². The topological polar surface area (TPSA) is 83.7 Å². The van der Waals surface area contributed by atoms with Crippen molar-refractivity contribution in [3.8, 4) is 0 Å². The largest absolute Gasteiger partial charge is 0.393 e. The molecule has 1 aromatic carbocycles. The summed E-state index contributed by atoms with van der Waals surface area (Å²) < 4.78 is 0. The highest BCUT2D eigenvalue weighted by Crippen LogP contribution is 2.21. The van der Waals surface area contributed by atoms with Gasteiger partial charge in [-0.3, -0.25) is 14.9 Å². The predicted octanol–water partition coefficient (Wildman–Crippen LogP) is 1.76. The van der Waals surface area contributed by atoms with Gasteiger partial charge in [0.15, 0.2) is 0 Å². The Bertz CT molecular complexity index is 530. The minimum absolute atomic E-state index is 0.0460. The van der Waals surface area contributed by atoms with E-state index in [1.54, 1.807) is 24.0 Å². The van der Waals surface area contributed by atoms with Gasteiger partial charge in [-0.05, 0) is 25.3 Å². The third-order valence-corrected chi connectivity index (χ3v) is 4.01. The van der Waals surface area contributed by atoms with Crippen LogP contribution in [-0.2, 0) is 11.2 Å². The molecule has 1 aliphatic heterocycles. The number of carbonyl (C=O) groups is 1. The van der Waals surface area contributed by atoms with Crippen molar-refractivity contribution in [1.82, 2.24) is 4.90 Å². The first kappa shape index (κ1) is 15.4. The highest BCUT2D eigenvalue weighted by atomic mass is 16.6. The van der Waals surface area contributed by atoms with Crippen LogP contribution in [0.1, 0.15) is 25.3 Å². The van der Waals surface area contributed by atoms with E-state index >= 15 is 0 Å². The molecule has 2 rings (SSSR count). The average Bonchev–Trinajstić information content (AvgIpc) is 2.95. The summed E-state index contributed by atoms with van der Waals surface area (Å²) in [5.41, 5.74) is 0.846. The molecule has 1 amide bonds. The van der Waals surface area contributed by atoms with Gasteiger partial charge in [-0.15, -0.1) is 0 Å². The van der Waals surface area contributed by atoms with Crippen LogP contribution in [0.4, 0.5) is 5.69 Å². The van der Waals surface area contributed by atoms with Gasteiger partial charge in [-0.25, -0.2) is 0 Å². The van der Waals surface area contributed by atoms with Crippen molar-refractivity contribution in [3.05, 3.63) is 39.9 Å². The molecule has 6 heteroatoms. The zero-order valence-electron chi connectivity index (χ0n) is 12.1. The lowest BCUT2D eigenvalue weighted by atomic mass is 10.0. The minimum atomic E-state index is -0.432. The Labute approximate surface area is 123 Å². The van der Waals surface area contributed by atoms with Gasteiger partial charge >= 0.3 is 0 Å². The Balaban J connectivity index is 1.87. The molecule has 1 aromatic rings. The van der Waals surface area contributed by atoms with Gasteiger partial charge < -0.3 is 10.0 Å². The quantitative estimate of drug-likeness (QED) is 0.662. The number of likely N-dealkylation sites (tertiary alicyclic amines) is 1. The summed E-state index contributed by atoms with van der Waals surface area (Å²) in [4.78, 5) is 24.2. The molecule has 1 aliphatic rings. The van der Waals surface area contributed by atoms with Gasteiger partial charge in [0.05, 0.1) is 11.0 Å². The number of nitro benzene ring substituents is 1. The Morgan fingerprint density at radius 2 is 2.33 bits per heavy atom. The number of benzene rings is 1. The van der Waals surface area contributed by atoms with Crippen LogP contribution in [-0.4, -0.2) is 40.0 Å². The van der Waals surface area contributed by atoms with Crippen molar-refractivity contribution < 1.29 is 14.8 Å². The molecule has 1 heterocycles. The van der Waals surface area contributed by atoms with Crippen LogP contribution >= 0.6 is 0 Å². The van der Waals surface area contributed by atoms with Gasteiger partial charge in [0.2, 0.25) is 5.91 Å². The monoisotopic (exact) mass is 292 g/mol. The number of hydrogen-bond acceptors (Lipinski definition) is 4. The van der Waals surface area contributed by atoms with Crippen LogP contribution in [0.15, 0.2) is 24.3 Å². The SMILES string of the molecule is CC(O)C1CCN(C(=O)CCc2cccc([N+](=O)[O-])c2)C1. The summed E-state index contributed by atoms with van der Waals surface area (Å²) in [6.45, 7) is 3.04. The predicted molar refractivity (Wildman–Crippen MR) is 77.8 cm³/mol. The van der Waals surface area contributed by atoms with Gasteiger partial charge in [0.1, 0.15) is 0 Å². The summed E-state index contributed by atoms with van der Waals surface area (Å²) in [5, 5.41) is 20.2. The molecule has 114 valence electrons. The van der Waals surface area contributed by atoms with E-state index in [2.05, 4.69) is 0 Å². The number of aryl methyl sites for hydroxylation is 1. The number of nitro groups is 1. The van der Waals surface area contributed by atoms with Crippen LogP contribution in [0, 0.1) is 16.0 Å². The van der Waals surface area contributed by atoms with Crippen LogP contribution in [0.5, 0.6) is 0 Å². The van der Waals surface area contributed by atoms with Crippen molar-refractivity contribution >= 4 is 11.6 Å². The number of carbonyl (C=O) groups excluding carboxylic acids is 1. The second-order valence-electron chi connectivity index (χ2n) is 5.56. The van der Waals surface area contributed by atoms with Gasteiger partial charge in [0, 0.05) is 37.6 Å². The standard InChI is InChI=1S/C15H20N2O4/c1-11(18)13-7-8-16(10-13)15(19)6-5-12-3-2-4-14(9-12)17(20)21/h2-4,9,11,13,18H,5-8,10H2,1H3. The third-order valence-electron chi connectivity index (χ3n) is 4.01.